The number of carboxylic acids is 1. The van der Waals surface area contributed by atoms with Crippen molar-refractivity contribution in [1.82, 2.24) is 16.0 Å². The Bertz CT molecular complexity index is 391. The molecular formula is C13H23N3O5. The van der Waals surface area contributed by atoms with Crippen molar-refractivity contribution in [1.29, 1.82) is 0 Å². The van der Waals surface area contributed by atoms with Gasteiger partial charge in [0.1, 0.15) is 5.54 Å². The van der Waals surface area contributed by atoms with Gasteiger partial charge in [-0.2, -0.15) is 0 Å². The highest BCUT2D eigenvalue weighted by atomic mass is 16.5. The standard InChI is InChI=1S/C13H23N3O5/c1-9(2)7-14-10(17)8-15-12(20)16-13(11(18)19)3-5-21-6-4-13/h9H,3-8H2,1-2H3,(H,14,17)(H,18,19)(H2,15,16,20). The molecule has 0 aromatic carbocycles. The average Bonchev–Trinajstić information content (AvgIpc) is 2.43. The van der Waals surface area contributed by atoms with Crippen LogP contribution in [-0.4, -0.2) is 54.9 Å². The van der Waals surface area contributed by atoms with Gasteiger partial charge in [-0.05, 0) is 5.92 Å². The molecule has 1 aliphatic heterocycles. The van der Waals surface area contributed by atoms with E-state index in [1.165, 1.54) is 0 Å². The van der Waals surface area contributed by atoms with Crippen molar-refractivity contribution in [2.45, 2.75) is 32.2 Å². The van der Waals surface area contributed by atoms with Gasteiger partial charge in [0.25, 0.3) is 0 Å². The molecule has 0 aromatic heterocycles. The lowest BCUT2D eigenvalue weighted by atomic mass is 9.90. The Hall–Kier alpha value is -1.83. The van der Waals surface area contributed by atoms with Crippen LogP contribution in [0.2, 0.25) is 0 Å². The monoisotopic (exact) mass is 301 g/mol. The predicted octanol–water partition coefficient (Wildman–Crippen LogP) is -0.308. The molecule has 0 atom stereocenters. The first kappa shape index (κ1) is 17.2. The van der Waals surface area contributed by atoms with Crippen molar-refractivity contribution in [3.63, 3.8) is 0 Å². The predicted molar refractivity (Wildman–Crippen MR) is 74.8 cm³/mol. The summed E-state index contributed by atoms with van der Waals surface area (Å²) in [5.74, 6) is -1.08. The second-order valence-electron chi connectivity index (χ2n) is 5.51. The third-order valence-corrected chi connectivity index (χ3v) is 3.23. The minimum Gasteiger partial charge on any atom is -0.480 e. The van der Waals surface area contributed by atoms with Gasteiger partial charge >= 0.3 is 12.0 Å². The van der Waals surface area contributed by atoms with Crippen LogP contribution in [0.15, 0.2) is 0 Å². The molecule has 0 radical (unpaired) electrons. The van der Waals surface area contributed by atoms with Gasteiger partial charge in [-0.3, -0.25) is 4.79 Å². The van der Waals surface area contributed by atoms with E-state index in [9.17, 15) is 19.5 Å². The Morgan fingerprint density at radius 1 is 1.19 bits per heavy atom. The Labute approximate surface area is 123 Å². The molecule has 1 fully saturated rings. The molecule has 8 nitrogen and oxygen atoms in total. The third kappa shape index (κ3) is 5.58. The first-order valence-electron chi connectivity index (χ1n) is 6.99. The average molecular weight is 301 g/mol. The zero-order valence-electron chi connectivity index (χ0n) is 12.4. The Morgan fingerprint density at radius 3 is 2.33 bits per heavy atom. The van der Waals surface area contributed by atoms with Gasteiger partial charge in [0.2, 0.25) is 5.91 Å². The maximum atomic E-state index is 11.8. The summed E-state index contributed by atoms with van der Waals surface area (Å²) in [4.78, 5) is 34.6. The smallest absolute Gasteiger partial charge is 0.329 e. The van der Waals surface area contributed by atoms with E-state index in [2.05, 4.69) is 16.0 Å². The molecule has 8 heteroatoms. The number of hydrogen-bond donors (Lipinski definition) is 4. The maximum Gasteiger partial charge on any atom is 0.329 e. The summed E-state index contributed by atoms with van der Waals surface area (Å²) < 4.78 is 5.11. The van der Waals surface area contributed by atoms with E-state index in [1.807, 2.05) is 13.8 Å². The van der Waals surface area contributed by atoms with Crippen molar-refractivity contribution in [3.05, 3.63) is 0 Å². The zero-order chi connectivity index (χ0) is 15.9. The fourth-order valence-electron chi connectivity index (χ4n) is 1.91. The molecule has 0 bridgehead atoms. The van der Waals surface area contributed by atoms with Crippen molar-refractivity contribution in [2.75, 3.05) is 26.3 Å². The molecule has 120 valence electrons. The number of carbonyl (C=O) groups is 3. The minimum absolute atomic E-state index is 0.190. The molecule has 3 amide bonds. The summed E-state index contributed by atoms with van der Waals surface area (Å²) in [5.41, 5.74) is -1.32. The molecule has 1 aliphatic rings. The molecule has 0 aromatic rings. The first-order chi connectivity index (χ1) is 9.85. The van der Waals surface area contributed by atoms with Crippen LogP contribution in [0.5, 0.6) is 0 Å². The molecule has 1 rings (SSSR count). The highest BCUT2D eigenvalue weighted by Crippen LogP contribution is 2.20. The second-order valence-corrected chi connectivity index (χ2v) is 5.51. The summed E-state index contributed by atoms with van der Waals surface area (Å²) in [6.07, 6.45) is 0.407. The van der Waals surface area contributed by atoms with Gasteiger partial charge in [-0.15, -0.1) is 0 Å². The number of nitrogens with one attached hydrogen (secondary N) is 3. The Kier molecular flexibility index (Phi) is 6.41. The topological polar surface area (TPSA) is 117 Å². The lowest BCUT2D eigenvalue weighted by molar-refractivity contribution is -0.148. The summed E-state index contributed by atoms with van der Waals surface area (Å²) in [5, 5.41) is 16.7. The zero-order valence-corrected chi connectivity index (χ0v) is 12.4. The molecule has 0 unspecified atom stereocenters. The number of aliphatic carboxylic acids is 1. The van der Waals surface area contributed by atoms with Crippen LogP contribution >= 0.6 is 0 Å². The number of hydrogen-bond acceptors (Lipinski definition) is 4. The third-order valence-electron chi connectivity index (χ3n) is 3.23. The van der Waals surface area contributed by atoms with Gasteiger partial charge < -0.3 is 25.8 Å². The van der Waals surface area contributed by atoms with E-state index >= 15 is 0 Å². The SMILES string of the molecule is CC(C)CNC(=O)CNC(=O)NC1(C(=O)O)CCOCC1. The summed E-state index contributed by atoms with van der Waals surface area (Å²) in [7, 11) is 0. The van der Waals surface area contributed by atoms with E-state index in [0.29, 0.717) is 12.5 Å². The molecule has 4 N–H and O–H groups in total. The van der Waals surface area contributed by atoms with E-state index in [4.69, 9.17) is 4.74 Å². The van der Waals surface area contributed by atoms with Crippen LogP contribution in [0.1, 0.15) is 26.7 Å². The fraction of sp³-hybridized carbons (Fsp3) is 0.769. The molecule has 0 aliphatic carbocycles. The van der Waals surface area contributed by atoms with E-state index in [0.717, 1.165) is 0 Å². The lowest BCUT2D eigenvalue weighted by Gasteiger charge is -2.33. The van der Waals surface area contributed by atoms with Gasteiger partial charge in [-0.1, -0.05) is 13.8 Å². The number of amides is 3. The van der Waals surface area contributed by atoms with Crippen molar-refractivity contribution >= 4 is 17.9 Å². The summed E-state index contributed by atoms with van der Waals surface area (Å²) in [6.45, 7) is 4.82. The number of carboxylic acid groups (broad SMARTS) is 1. The van der Waals surface area contributed by atoms with Crippen LogP contribution in [0, 0.1) is 5.92 Å². The largest absolute Gasteiger partial charge is 0.480 e. The summed E-state index contributed by atoms with van der Waals surface area (Å²) >= 11 is 0. The molecular weight excluding hydrogens is 278 g/mol. The van der Waals surface area contributed by atoms with Crippen LogP contribution in [0.25, 0.3) is 0 Å². The summed E-state index contributed by atoms with van der Waals surface area (Å²) in [6, 6.07) is -0.668. The number of urea groups is 1. The highest BCUT2D eigenvalue weighted by Gasteiger charge is 2.41. The van der Waals surface area contributed by atoms with E-state index in [-0.39, 0.29) is 38.5 Å². The van der Waals surface area contributed by atoms with Gasteiger partial charge in [0.15, 0.2) is 0 Å². The first-order valence-corrected chi connectivity index (χ1v) is 6.99. The number of ether oxygens (including phenoxy) is 1. The van der Waals surface area contributed by atoms with Crippen LogP contribution < -0.4 is 16.0 Å². The molecule has 21 heavy (non-hydrogen) atoms. The molecule has 1 heterocycles. The van der Waals surface area contributed by atoms with Crippen molar-refractivity contribution < 1.29 is 24.2 Å². The lowest BCUT2D eigenvalue weighted by Crippen LogP contribution is -2.60. The van der Waals surface area contributed by atoms with Gasteiger partial charge in [0, 0.05) is 32.6 Å². The minimum atomic E-state index is -1.32. The van der Waals surface area contributed by atoms with Crippen molar-refractivity contribution in [2.24, 2.45) is 5.92 Å². The van der Waals surface area contributed by atoms with E-state index < -0.39 is 17.5 Å². The number of carbonyl (C=O) groups excluding carboxylic acids is 2. The normalized spacial score (nSPS) is 17.1. The molecule has 1 saturated heterocycles. The maximum absolute atomic E-state index is 11.8. The number of rotatable bonds is 6. The van der Waals surface area contributed by atoms with Crippen LogP contribution in [-0.2, 0) is 14.3 Å². The second kappa shape index (κ2) is 7.82. The Balaban J connectivity index is 2.41. The van der Waals surface area contributed by atoms with Crippen LogP contribution in [0.4, 0.5) is 4.79 Å². The van der Waals surface area contributed by atoms with Gasteiger partial charge in [-0.25, -0.2) is 9.59 Å². The van der Waals surface area contributed by atoms with Crippen LogP contribution in [0.3, 0.4) is 0 Å². The highest BCUT2D eigenvalue weighted by molar-refractivity contribution is 5.88. The molecule has 0 saturated carbocycles. The Morgan fingerprint density at radius 2 is 1.81 bits per heavy atom. The van der Waals surface area contributed by atoms with Crippen molar-refractivity contribution in [3.8, 4) is 0 Å². The van der Waals surface area contributed by atoms with E-state index in [1.54, 1.807) is 0 Å². The fourth-order valence-corrected chi connectivity index (χ4v) is 1.91. The quantitative estimate of drug-likeness (QED) is 0.537. The molecule has 0 spiro atoms. The van der Waals surface area contributed by atoms with Gasteiger partial charge in [0.05, 0.1) is 6.54 Å².